The van der Waals surface area contributed by atoms with Gasteiger partial charge >= 0.3 is 0 Å². The van der Waals surface area contributed by atoms with Gasteiger partial charge in [0.25, 0.3) is 11.8 Å². The number of hydrogen-bond acceptors (Lipinski definition) is 12. The Morgan fingerprint density at radius 3 is 2.47 bits per heavy atom. The molecular formula is C43H50N10O5S. The molecule has 4 fully saturated rings. The highest BCUT2D eigenvalue weighted by Crippen LogP contribution is 2.36. The average molecular weight is 819 g/mol. The van der Waals surface area contributed by atoms with Gasteiger partial charge in [0.15, 0.2) is 0 Å². The first kappa shape index (κ1) is 38.9. The maximum absolute atomic E-state index is 13.7. The first-order chi connectivity index (χ1) is 28.8. The van der Waals surface area contributed by atoms with Gasteiger partial charge in [-0.25, -0.2) is 9.97 Å². The summed E-state index contributed by atoms with van der Waals surface area (Å²) in [6, 6.07) is 11.2. The minimum atomic E-state index is -0.746. The number of thiazole rings is 1. The van der Waals surface area contributed by atoms with Crippen LogP contribution in [0.2, 0.25) is 0 Å². The zero-order valence-corrected chi connectivity index (χ0v) is 34.1. The highest BCUT2D eigenvalue weighted by molar-refractivity contribution is 7.16. The van der Waals surface area contributed by atoms with Gasteiger partial charge in [0.2, 0.25) is 11.8 Å². The molecule has 0 saturated carbocycles. The van der Waals surface area contributed by atoms with Crippen molar-refractivity contribution in [3.8, 4) is 5.75 Å². The number of hydrogen-bond donors (Lipinski definition) is 3. The quantitative estimate of drug-likeness (QED) is 0.155. The van der Waals surface area contributed by atoms with Gasteiger partial charge in [-0.15, -0.1) is 11.3 Å². The van der Waals surface area contributed by atoms with Gasteiger partial charge in [0.05, 0.1) is 46.7 Å². The summed E-state index contributed by atoms with van der Waals surface area (Å²) >= 11 is 1.43. The number of amides is 4. The highest BCUT2D eigenvalue weighted by Gasteiger charge is 2.30. The molecule has 4 saturated heterocycles. The molecule has 15 nitrogen and oxygen atoms in total. The number of anilines is 3. The van der Waals surface area contributed by atoms with Crippen molar-refractivity contribution in [2.24, 2.45) is 5.92 Å². The van der Waals surface area contributed by atoms with Crippen molar-refractivity contribution in [2.75, 3.05) is 68.0 Å². The summed E-state index contributed by atoms with van der Waals surface area (Å²) in [4.78, 5) is 67.3. The molecule has 4 aliphatic rings. The number of rotatable bonds is 10. The van der Waals surface area contributed by atoms with E-state index in [0.29, 0.717) is 34.4 Å². The van der Waals surface area contributed by atoms with Crippen LogP contribution in [0.1, 0.15) is 84.5 Å². The molecule has 0 radical (unpaired) electrons. The summed E-state index contributed by atoms with van der Waals surface area (Å²) in [6.45, 7) is 6.89. The van der Waals surface area contributed by atoms with E-state index in [9.17, 15) is 19.2 Å². The summed E-state index contributed by atoms with van der Waals surface area (Å²) in [7, 11) is 1.54. The Bertz CT molecular complexity index is 2370. The summed E-state index contributed by atoms with van der Waals surface area (Å²) in [5, 5.41) is 14.4. The fourth-order valence-corrected chi connectivity index (χ4v) is 9.80. The van der Waals surface area contributed by atoms with Crippen LogP contribution in [-0.2, 0) is 9.59 Å². The molecule has 308 valence electrons. The molecule has 9 rings (SSSR count). The van der Waals surface area contributed by atoms with Crippen LogP contribution in [0.25, 0.3) is 21.3 Å². The standard InChI is InChI=1S/C43H50N10O5S/c1-58-37-22-30(5-6-31(37)40(55)46-33-7-8-38(54)48-42(33)57)51-19-10-27(11-20-51)24-50-17-12-29(13-18-50)53-25-28-21-35(36(23-34(28)49-53)52-15-3-2-4-16-52)47-41(56)32-9-14-44-43-39(32)45-26-59-43/h5-6,9,14,21-23,25-27,29,33H,2-4,7-8,10-13,15-20,24H2,1H3,(H,46,55)(H,47,56)(H,48,54,57)/t33-/m0/s1. The van der Waals surface area contributed by atoms with Crippen molar-refractivity contribution < 1.29 is 23.9 Å². The molecule has 0 aliphatic carbocycles. The number of fused-ring (bicyclic) bond motifs is 2. The SMILES string of the molecule is COc1cc(N2CCC(CN3CCC(n4cc5cc(NC(=O)c6ccnc7scnc67)c(N6CCCCC6)cc5n4)CC3)CC2)ccc1C(=O)N[C@H]1CCC(=O)NC1=O. The second-order valence-electron chi connectivity index (χ2n) is 16.2. The average Bonchev–Trinajstić information content (AvgIpc) is 3.92. The third kappa shape index (κ3) is 8.33. The molecule has 1 atom stereocenters. The number of imide groups is 1. The number of pyridine rings is 1. The summed E-state index contributed by atoms with van der Waals surface area (Å²) in [5.74, 6) is -0.325. The second kappa shape index (κ2) is 16.9. The van der Waals surface area contributed by atoms with Gasteiger partial charge < -0.3 is 30.1 Å². The summed E-state index contributed by atoms with van der Waals surface area (Å²) in [5.41, 5.74) is 7.02. The maximum atomic E-state index is 13.7. The molecule has 2 aromatic carbocycles. The number of carbonyl (C=O) groups excluding carboxylic acids is 4. The van der Waals surface area contributed by atoms with Crippen molar-refractivity contribution in [3.05, 3.63) is 65.4 Å². The Morgan fingerprint density at radius 1 is 0.881 bits per heavy atom. The number of ether oxygens (including phenoxy) is 1. The lowest BCUT2D eigenvalue weighted by Gasteiger charge is -2.38. The lowest BCUT2D eigenvalue weighted by atomic mass is 9.94. The molecule has 4 amide bonds. The van der Waals surface area contributed by atoms with E-state index in [0.717, 1.165) is 117 Å². The molecule has 59 heavy (non-hydrogen) atoms. The molecule has 0 unspecified atom stereocenters. The van der Waals surface area contributed by atoms with Crippen LogP contribution in [0.15, 0.2) is 54.3 Å². The Morgan fingerprint density at radius 2 is 1.69 bits per heavy atom. The number of aromatic nitrogens is 4. The van der Waals surface area contributed by atoms with Gasteiger partial charge in [-0.2, -0.15) is 5.10 Å². The first-order valence-corrected chi connectivity index (χ1v) is 21.7. The van der Waals surface area contributed by atoms with Crippen LogP contribution >= 0.6 is 11.3 Å². The van der Waals surface area contributed by atoms with Crippen LogP contribution < -0.4 is 30.5 Å². The van der Waals surface area contributed by atoms with Gasteiger partial charge in [-0.05, 0) is 87.6 Å². The van der Waals surface area contributed by atoms with Crippen LogP contribution in [0.5, 0.6) is 5.75 Å². The van der Waals surface area contributed by atoms with Crippen molar-refractivity contribution in [1.82, 2.24) is 35.3 Å². The Kier molecular flexibility index (Phi) is 11.2. The molecular weight excluding hydrogens is 769 g/mol. The van der Waals surface area contributed by atoms with Crippen molar-refractivity contribution in [2.45, 2.75) is 69.9 Å². The predicted molar refractivity (Wildman–Crippen MR) is 227 cm³/mol. The number of nitrogens with one attached hydrogen (secondary N) is 3. The Hall–Kier alpha value is -5.61. The maximum Gasteiger partial charge on any atom is 0.258 e. The Labute approximate surface area is 346 Å². The predicted octanol–water partition coefficient (Wildman–Crippen LogP) is 5.38. The van der Waals surface area contributed by atoms with Gasteiger partial charge in [-0.1, -0.05) is 0 Å². The third-order valence-electron chi connectivity index (χ3n) is 12.5. The van der Waals surface area contributed by atoms with Crippen LogP contribution in [0, 0.1) is 5.92 Å². The molecule has 3 aromatic heterocycles. The number of likely N-dealkylation sites (tertiary alicyclic amines) is 1. The number of carbonyl (C=O) groups is 4. The van der Waals surface area contributed by atoms with E-state index in [1.54, 1.807) is 30.9 Å². The largest absolute Gasteiger partial charge is 0.496 e. The van der Waals surface area contributed by atoms with E-state index < -0.39 is 17.9 Å². The lowest BCUT2D eigenvalue weighted by Crippen LogP contribution is -2.52. The minimum absolute atomic E-state index is 0.184. The number of piperidine rings is 4. The second-order valence-corrected chi connectivity index (χ2v) is 17.1. The summed E-state index contributed by atoms with van der Waals surface area (Å²) < 4.78 is 7.77. The van der Waals surface area contributed by atoms with Gasteiger partial charge in [0, 0.05) is 81.8 Å². The smallest absolute Gasteiger partial charge is 0.258 e. The third-order valence-corrected chi connectivity index (χ3v) is 13.2. The fourth-order valence-electron chi connectivity index (χ4n) is 9.15. The zero-order chi connectivity index (χ0) is 40.5. The molecule has 16 heteroatoms. The minimum Gasteiger partial charge on any atom is -0.496 e. The van der Waals surface area contributed by atoms with E-state index >= 15 is 0 Å². The first-order valence-electron chi connectivity index (χ1n) is 20.9. The number of nitrogens with zero attached hydrogens (tertiary/aromatic N) is 7. The molecule has 5 aromatic rings. The molecule has 0 bridgehead atoms. The normalized spacial score (nSPS) is 19.9. The van der Waals surface area contributed by atoms with Gasteiger partial charge in [-0.3, -0.25) is 29.2 Å². The van der Waals surface area contributed by atoms with Crippen molar-refractivity contribution in [3.63, 3.8) is 0 Å². The number of methoxy groups -OCH3 is 1. The number of benzene rings is 2. The van der Waals surface area contributed by atoms with E-state index in [4.69, 9.17) is 9.84 Å². The van der Waals surface area contributed by atoms with Crippen LogP contribution in [0.3, 0.4) is 0 Å². The molecule has 0 spiro atoms. The van der Waals surface area contributed by atoms with E-state index in [1.807, 2.05) is 12.1 Å². The molecule has 7 heterocycles. The van der Waals surface area contributed by atoms with E-state index in [1.165, 1.54) is 17.8 Å². The molecule has 4 aliphatic heterocycles. The topological polar surface area (TPSA) is 167 Å². The highest BCUT2D eigenvalue weighted by atomic mass is 32.1. The van der Waals surface area contributed by atoms with Gasteiger partial charge in [0.1, 0.15) is 22.1 Å². The Balaban J connectivity index is 0.800. The van der Waals surface area contributed by atoms with Crippen LogP contribution in [-0.4, -0.2) is 107 Å². The summed E-state index contributed by atoms with van der Waals surface area (Å²) in [6.07, 6.45) is 12.0. The molecule has 3 N–H and O–H groups in total. The lowest BCUT2D eigenvalue weighted by molar-refractivity contribution is -0.134. The van der Waals surface area contributed by atoms with Crippen LogP contribution in [0.4, 0.5) is 17.1 Å². The van der Waals surface area contributed by atoms with Crippen molar-refractivity contribution >= 4 is 73.3 Å². The van der Waals surface area contributed by atoms with Crippen molar-refractivity contribution in [1.29, 1.82) is 0 Å². The monoisotopic (exact) mass is 818 g/mol. The van der Waals surface area contributed by atoms with E-state index in [2.05, 4.69) is 63.6 Å². The fraction of sp³-hybridized carbons (Fsp3) is 0.465. The zero-order valence-electron chi connectivity index (χ0n) is 33.3. The van der Waals surface area contributed by atoms with E-state index in [-0.39, 0.29) is 24.7 Å².